The summed E-state index contributed by atoms with van der Waals surface area (Å²) in [6, 6.07) is 13.0. The summed E-state index contributed by atoms with van der Waals surface area (Å²) in [5, 5.41) is 4.12. The number of furan rings is 1. The molecule has 1 aliphatic rings. The fourth-order valence-electron chi connectivity index (χ4n) is 3.40. The first-order chi connectivity index (χ1) is 14.8. The van der Waals surface area contributed by atoms with Gasteiger partial charge in [-0.1, -0.05) is 18.2 Å². The van der Waals surface area contributed by atoms with E-state index in [4.69, 9.17) is 9.15 Å². The molecule has 4 rings (SSSR count). The SMILES string of the molecule is Cc1c(C(=O)Oc2ccc(F)cc2)oc2c1/C(=N/NS(=O)(=O)c1ccccc1)CCC2. The Hall–Kier alpha value is -3.46. The topological polar surface area (TPSA) is 98.0 Å². The van der Waals surface area contributed by atoms with Gasteiger partial charge >= 0.3 is 5.97 Å². The van der Waals surface area contributed by atoms with Gasteiger partial charge in [-0.2, -0.15) is 18.4 Å². The van der Waals surface area contributed by atoms with Crippen molar-refractivity contribution in [3.8, 4) is 5.75 Å². The number of ether oxygens (including phenoxy) is 1. The minimum atomic E-state index is -3.82. The second kappa shape index (κ2) is 8.35. The highest BCUT2D eigenvalue weighted by molar-refractivity contribution is 7.89. The number of nitrogens with zero attached hydrogens (tertiary/aromatic N) is 1. The van der Waals surface area contributed by atoms with Gasteiger partial charge in [-0.15, -0.1) is 0 Å². The molecule has 0 unspecified atom stereocenters. The first kappa shape index (κ1) is 20.8. The van der Waals surface area contributed by atoms with Crippen molar-refractivity contribution < 1.29 is 26.8 Å². The summed E-state index contributed by atoms with van der Waals surface area (Å²) in [6.07, 6.45) is 1.81. The fraction of sp³-hybridized carbons (Fsp3) is 0.182. The molecule has 160 valence electrons. The standard InChI is InChI=1S/C22H19FN2O5S/c1-14-20-18(24-25-31(27,28)17-6-3-2-4-7-17)8-5-9-19(20)30-21(14)22(26)29-16-12-10-15(23)11-13-16/h2-4,6-7,10-13,25H,5,8-9H2,1H3/b24-18+. The molecule has 1 aromatic heterocycles. The van der Waals surface area contributed by atoms with Crippen LogP contribution in [0.1, 0.15) is 40.3 Å². The van der Waals surface area contributed by atoms with Crippen LogP contribution < -0.4 is 9.57 Å². The number of hydrogen-bond donors (Lipinski definition) is 1. The molecule has 9 heteroatoms. The molecule has 0 fully saturated rings. The van der Waals surface area contributed by atoms with Crippen LogP contribution in [0.4, 0.5) is 4.39 Å². The molecule has 0 bridgehead atoms. The molecule has 1 N–H and O–H groups in total. The third-order valence-electron chi connectivity index (χ3n) is 4.89. The Labute approximate surface area is 178 Å². The minimum Gasteiger partial charge on any atom is -0.453 e. The quantitative estimate of drug-likeness (QED) is 0.366. The Morgan fingerprint density at radius 2 is 1.81 bits per heavy atom. The molecule has 7 nitrogen and oxygen atoms in total. The molecular formula is C22H19FN2O5S. The highest BCUT2D eigenvalue weighted by Crippen LogP contribution is 2.30. The van der Waals surface area contributed by atoms with Crippen molar-refractivity contribution in [1.82, 2.24) is 4.83 Å². The molecule has 0 radical (unpaired) electrons. The largest absolute Gasteiger partial charge is 0.453 e. The zero-order chi connectivity index (χ0) is 22.0. The molecular weight excluding hydrogens is 423 g/mol. The maximum absolute atomic E-state index is 13.1. The van der Waals surface area contributed by atoms with Crippen molar-refractivity contribution in [2.45, 2.75) is 31.1 Å². The van der Waals surface area contributed by atoms with E-state index in [-0.39, 0.29) is 16.4 Å². The second-order valence-electron chi connectivity index (χ2n) is 7.02. The predicted octanol–water partition coefficient (Wildman–Crippen LogP) is 3.97. The maximum atomic E-state index is 13.1. The summed E-state index contributed by atoms with van der Waals surface area (Å²) in [7, 11) is -3.82. The number of nitrogens with one attached hydrogen (secondary N) is 1. The van der Waals surface area contributed by atoms with Gasteiger partial charge in [0.25, 0.3) is 10.0 Å². The number of benzene rings is 2. The van der Waals surface area contributed by atoms with Crippen molar-refractivity contribution in [2.75, 3.05) is 0 Å². The molecule has 0 aliphatic heterocycles. The van der Waals surface area contributed by atoms with Crippen molar-refractivity contribution in [3.63, 3.8) is 0 Å². The predicted molar refractivity (Wildman–Crippen MR) is 111 cm³/mol. The lowest BCUT2D eigenvalue weighted by atomic mass is 9.93. The average molecular weight is 442 g/mol. The summed E-state index contributed by atoms with van der Waals surface area (Å²) in [4.78, 5) is 14.9. The first-order valence-corrected chi connectivity index (χ1v) is 11.1. The van der Waals surface area contributed by atoms with E-state index in [9.17, 15) is 17.6 Å². The van der Waals surface area contributed by atoms with Gasteiger partial charge in [0, 0.05) is 17.5 Å². The Kier molecular flexibility index (Phi) is 5.60. The number of carbonyl (C=O) groups excluding carboxylic acids is 1. The lowest BCUT2D eigenvalue weighted by Crippen LogP contribution is -2.22. The van der Waals surface area contributed by atoms with Crippen molar-refractivity contribution in [2.24, 2.45) is 5.10 Å². The molecule has 1 aliphatic carbocycles. The maximum Gasteiger partial charge on any atom is 0.379 e. The van der Waals surface area contributed by atoms with Gasteiger partial charge in [0.2, 0.25) is 5.76 Å². The Balaban J connectivity index is 1.60. The number of carbonyl (C=O) groups is 1. The van der Waals surface area contributed by atoms with Gasteiger partial charge in [0.1, 0.15) is 17.3 Å². The second-order valence-corrected chi connectivity index (χ2v) is 8.68. The number of sulfonamides is 1. The molecule has 0 saturated carbocycles. The molecule has 31 heavy (non-hydrogen) atoms. The minimum absolute atomic E-state index is 0.00911. The highest BCUT2D eigenvalue weighted by atomic mass is 32.2. The summed E-state index contributed by atoms with van der Waals surface area (Å²) < 4.78 is 49.0. The molecule has 0 atom stereocenters. The van der Waals surface area contributed by atoms with Gasteiger partial charge < -0.3 is 9.15 Å². The lowest BCUT2D eigenvalue weighted by molar-refractivity contribution is 0.0698. The van der Waals surface area contributed by atoms with E-state index in [2.05, 4.69) is 9.93 Å². The number of rotatable bonds is 5. The summed E-state index contributed by atoms with van der Waals surface area (Å²) in [5.74, 6) is -0.419. The summed E-state index contributed by atoms with van der Waals surface area (Å²) in [5.41, 5.74) is 1.61. The molecule has 0 amide bonds. The van der Waals surface area contributed by atoms with E-state index in [0.717, 1.165) is 0 Å². The Morgan fingerprint density at radius 1 is 1.10 bits per heavy atom. The number of hydrogen-bond acceptors (Lipinski definition) is 6. The number of aryl methyl sites for hydroxylation is 1. The number of hydrazone groups is 1. The van der Waals surface area contributed by atoms with Gasteiger partial charge in [-0.25, -0.2) is 9.18 Å². The van der Waals surface area contributed by atoms with E-state index in [1.54, 1.807) is 25.1 Å². The van der Waals surface area contributed by atoms with Crippen LogP contribution in [0.3, 0.4) is 0 Å². The van der Waals surface area contributed by atoms with Crippen LogP contribution in [0.2, 0.25) is 0 Å². The number of halogens is 1. The third kappa shape index (κ3) is 4.36. The van der Waals surface area contributed by atoms with Crippen LogP contribution >= 0.6 is 0 Å². The van der Waals surface area contributed by atoms with E-state index >= 15 is 0 Å². The lowest BCUT2D eigenvalue weighted by Gasteiger charge is -2.14. The molecule has 0 spiro atoms. The molecule has 3 aromatic rings. The normalized spacial score (nSPS) is 14.8. The number of esters is 1. The zero-order valence-electron chi connectivity index (χ0n) is 16.6. The highest BCUT2D eigenvalue weighted by Gasteiger charge is 2.29. The van der Waals surface area contributed by atoms with Crippen LogP contribution in [0.25, 0.3) is 0 Å². The van der Waals surface area contributed by atoms with Crippen molar-refractivity contribution in [1.29, 1.82) is 0 Å². The molecule has 2 aromatic carbocycles. The van der Waals surface area contributed by atoms with Gasteiger partial charge in [-0.3, -0.25) is 0 Å². The summed E-state index contributed by atoms with van der Waals surface area (Å²) in [6.45, 7) is 1.69. The molecule has 1 heterocycles. The molecule has 0 saturated heterocycles. The van der Waals surface area contributed by atoms with Crippen LogP contribution in [0.5, 0.6) is 5.75 Å². The average Bonchev–Trinajstić information content (AvgIpc) is 3.12. The van der Waals surface area contributed by atoms with E-state index in [0.29, 0.717) is 41.9 Å². The van der Waals surface area contributed by atoms with Gasteiger partial charge in [0.15, 0.2) is 0 Å². The Morgan fingerprint density at radius 3 is 2.52 bits per heavy atom. The summed E-state index contributed by atoms with van der Waals surface area (Å²) >= 11 is 0. The van der Waals surface area contributed by atoms with Gasteiger partial charge in [-0.05, 0) is 56.2 Å². The fourth-order valence-corrected chi connectivity index (χ4v) is 4.25. The van der Waals surface area contributed by atoms with Crippen LogP contribution in [-0.4, -0.2) is 20.1 Å². The first-order valence-electron chi connectivity index (χ1n) is 9.59. The van der Waals surface area contributed by atoms with Gasteiger partial charge in [0.05, 0.1) is 10.6 Å². The Bertz CT molecular complexity index is 1250. The van der Waals surface area contributed by atoms with Crippen molar-refractivity contribution in [3.05, 3.63) is 83.1 Å². The van der Waals surface area contributed by atoms with Crippen molar-refractivity contribution >= 4 is 21.7 Å². The third-order valence-corrected chi connectivity index (χ3v) is 6.11. The van der Waals surface area contributed by atoms with E-state index < -0.39 is 21.8 Å². The van der Waals surface area contributed by atoms with E-state index in [1.807, 2.05) is 0 Å². The number of fused-ring (bicyclic) bond motifs is 1. The van der Waals surface area contributed by atoms with Crippen LogP contribution in [0.15, 0.2) is 69.0 Å². The van der Waals surface area contributed by atoms with Crippen LogP contribution in [-0.2, 0) is 16.4 Å². The van der Waals surface area contributed by atoms with Crippen LogP contribution in [0, 0.1) is 12.7 Å². The monoisotopic (exact) mass is 442 g/mol. The smallest absolute Gasteiger partial charge is 0.379 e. The zero-order valence-corrected chi connectivity index (χ0v) is 17.4. The van der Waals surface area contributed by atoms with E-state index in [1.165, 1.54) is 36.4 Å².